The minimum Gasteiger partial charge on any atom is -0.356 e. The van der Waals surface area contributed by atoms with Gasteiger partial charge in [0.15, 0.2) is 5.96 Å². The maximum atomic E-state index is 4.43. The number of hydrogen-bond donors (Lipinski definition) is 2. The lowest BCUT2D eigenvalue weighted by Crippen LogP contribution is -2.52. The lowest BCUT2D eigenvalue weighted by atomic mass is 9.96. The van der Waals surface area contributed by atoms with Gasteiger partial charge in [-0.2, -0.15) is 11.8 Å². The van der Waals surface area contributed by atoms with Crippen LogP contribution in [-0.4, -0.2) is 54.6 Å². The number of rotatable bonds is 8. The molecule has 2 N–H and O–H groups in total. The second-order valence-electron chi connectivity index (χ2n) is 7.55. The first kappa shape index (κ1) is 19.6. The Balaban J connectivity index is 1.46. The van der Waals surface area contributed by atoms with Crippen LogP contribution in [0.5, 0.6) is 0 Å². The predicted octanol–water partition coefficient (Wildman–Crippen LogP) is 3.49. The highest BCUT2D eigenvalue weighted by molar-refractivity contribution is 7.98. The summed E-state index contributed by atoms with van der Waals surface area (Å²) in [6.45, 7) is 2.12. The van der Waals surface area contributed by atoms with E-state index < -0.39 is 0 Å². The van der Waals surface area contributed by atoms with Gasteiger partial charge in [0, 0.05) is 38.3 Å². The number of unbranched alkanes of at least 4 members (excludes halogenated alkanes) is 1. The van der Waals surface area contributed by atoms with Crippen molar-refractivity contribution in [1.29, 1.82) is 0 Å². The summed E-state index contributed by atoms with van der Waals surface area (Å²) in [5.74, 6) is 2.23. The highest BCUT2D eigenvalue weighted by Crippen LogP contribution is 2.36. The summed E-state index contributed by atoms with van der Waals surface area (Å²) in [7, 11) is 1.89. The third-order valence-corrected chi connectivity index (χ3v) is 6.42. The van der Waals surface area contributed by atoms with Crippen molar-refractivity contribution in [3.63, 3.8) is 0 Å². The molecule has 0 aromatic heterocycles. The lowest BCUT2D eigenvalue weighted by Gasteiger charge is -2.39. The third-order valence-electron chi connectivity index (χ3n) is 5.72. The van der Waals surface area contributed by atoms with E-state index in [1.807, 2.05) is 18.8 Å². The van der Waals surface area contributed by atoms with E-state index in [9.17, 15) is 0 Å². The van der Waals surface area contributed by atoms with Crippen LogP contribution in [-0.2, 0) is 6.54 Å². The van der Waals surface area contributed by atoms with Gasteiger partial charge in [-0.3, -0.25) is 9.89 Å². The number of piperidine rings is 1. The molecule has 2 aliphatic rings. The highest BCUT2D eigenvalue weighted by Gasteiger charge is 2.40. The number of benzene rings is 1. The average Bonchev–Trinajstić information content (AvgIpc) is 2.90. The normalized spacial score (nSPS) is 26.1. The van der Waals surface area contributed by atoms with Crippen LogP contribution in [0.25, 0.3) is 0 Å². The zero-order valence-electron chi connectivity index (χ0n) is 16.3. The second-order valence-corrected chi connectivity index (χ2v) is 8.54. The quantitative estimate of drug-likeness (QED) is 0.415. The Labute approximate surface area is 163 Å². The molecule has 0 radical (unpaired) electrons. The Kier molecular flexibility index (Phi) is 7.69. The number of fused-ring (bicyclic) bond motifs is 2. The first-order valence-corrected chi connectivity index (χ1v) is 11.5. The van der Waals surface area contributed by atoms with Gasteiger partial charge >= 0.3 is 0 Å². The van der Waals surface area contributed by atoms with E-state index in [-0.39, 0.29) is 0 Å². The number of hydrogen-bond acceptors (Lipinski definition) is 3. The highest BCUT2D eigenvalue weighted by atomic mass is 32.2. The van der Waals surface area contributed by atoms with Crippen LogP contribution in [0.4, 0.5) is 0 Å². The molecule has 2 unspecified atom stereocenters. The molecule has 1 aromatic rings. The fourth-order valence-electron chi connectivity index (χ4n) is 4.41. The summed E-state index contributed by atoms with van der Waals surface area (Å²) >= 11 is 1.92. The van der Waals surface area contributed by atoms with E-state index in [4.69, 9.17) is 0 Å². The zero-order chi connectivity index (χ0) is 18.2. The first-order valence-electron chi connectivity index (χ1n) is 10.1. The van der Waals surface area contributed by atoms with E-state index in [1.165, 1.54) is 49.8 Å². The summed E-state index contributed by atoms with van der Waals surface area (Å²) in [5.41, 5.74) is 1.44. The number of nitrogens with zero attached hydrogens (tertiary/aromatic N) is 2. The van der Waals surface area contributed by atoms with Gasteiger partial charge in [0.2, 0.25) is 0 Å². The monoisotopic (exact) mass is 374 g/mol. The van der Waals surface area contributed by atoms with Crippen LogP contribution >= 0.6 is 11.8 Å². The van der Waals surface area contributed by atoms with E-state index in [0.29, 0.717) is 18.1 Å². The van der Waals surface area contributed by atoms with Crippen LogP contribution in [0.2, 0.25) is 0 Å². The number of thioether (sulfide) groups is 1. The van der Waals surface area contributed by atoms with Crippen molar-refractivity contribution < 1.29 is 0 Å². The molecule has 144 valence electrons. The molecular weight excluding hydrogens is 340 g/mol. The minimum absolute atomic E-state index is 0.553. The fourth-order valence-corrected chi connectivity index (χ4v) is 4.90. The summed E-state index contributed by atoms with van der Waals surface area (Å²) in [6.07, 6.45) is 9.81. The van der Waals surface area contributed by atoms with Gasteiger partial charge in [-0.25, -0.2) is 0 Å². The first-order chi connectivity index (χ1) is 12.8. The standard InChI is InChI=1S/C21H34N4S/c1-22-21(23-12-6-7-13-26-2)24-18-14-19-10-11-20(15-18)25(19)16-17-8-4-3-5-9-17/h3-5,8-9,18-20H,6-7,10-16H2,1-2H3,(H2,22,23,24). The SMILES string of the molecule is CN=C(NCCCCSC)NC1CC2CCC(C1)N2Cc1ccccc1. The second kappa shape index (κ2) is 10.2. The van der Waals surface area contributed by atoms with Crippen LogP contribution in [0.3, 0.4) is 0 Å². The molecule has 2 fully saturated rings. The number of aliphatic imine (C=N–C) groups is 1. The Morgan fingerprint density at radius 1 is 1.15 bits per heavy atom. The largest absolute Gasteiger partial charge is 0.356 e. The molecule has 3 rings (SSSR count). The zero-order valence-corrected chi connectivity index (χ0v) is 17.1. The van der Waals surface area contributed by atoms with Crippen LogP contribution in [0, 0.1) is 0 Å². The van der Waals surface area contributed by atoms with Gasteiger partial charge in [-0.15, -0.1) is 0 Å². The topological polar surface area (TPSA) is 39.7 Å². The smallest absolute Gasteiger partial charge is 0.191 e. The van der Waals surface area contributed by atoms with Crippen molar-refractivity contribution in [2.45, 2.75) is 63.2 Å². The van der Waals surface area contributed by atoms with Gasteiger partial charge in [-0.1, -0.05) is 30.3 Å². The van der Waals surface area contributed by atoms with Crippen LogP contribution in [0.15, 0.2) is 35.3 Å². The molecule has 26 heavy (non-hydrogen) atoms. The van der Waals surface area contributed by atoms with Gasteiger partial charge in [0.25, 0.3) is 0 Å². The molecule has 2 saturated heterocycles. The average molecular weight is 375 g/mol. The van der Waals surface area contributed by atoms with Gasteiger partial charge in [0.05, 0.1) is 0 Å². The van der Waals surface area contributed by atoms with Crippen molar-refractivity contribution in [3.05, 3.63) is 35.9 Å². The van der Waals surface area contributed by atoms with Gasteiger partial charge in [-0.05, 0) is 56.1 Å². The van der Waals surface area contributed by atoms with Gasteiger partial charge in [0.1, 0.15) is 0 Å². The van der Waals surface area contributed by atoms with Crippen LogP contribution < -0.4 is 10.6 Å². The maximum Gasteiger partial charge on any atom is 0.191 e. The van der Waals surface area contributed by atoms with E-state index >= 15 is 0 Å². The maximum absolute atomic E-state index is 4.43. The molecule has 2 atom stereocenters. The number of guanidine groups is 1. The van der Waals surface area contributed by atoms with Crippen molar-refractivity contribution in [3.8, 4) is 0 Å². The molecule has 0 spiro atoms. The summed E-state index contributed by atoms with van der Waals surface area (Å²) in [6, 6.07) is 12.9. The molecule has 2 bridgehead atoms. The fraction of sp³-hybridized carbons (Fsp3) is 0.667. The minimum atomic E-state index is 0.553. The predicted molar refractivity (Wildman–Crippen MR) is 114 cm³/mol. The van der Waals surface area contributed by atoms with Crippen LogP contribution in [0.1, 0.15) is 44.1 Å². The molecule has 0 saturated carbocycles. The summed E-state index contributed by atoms with van der Waals surface area (Å²) in [4.78, 5) is 7.17. The lowest BCUT2D eigenvalue weighted by molar-refractivity contribution is 0.114. The molecule has 2 aliphatic heterocycles. The Hall–Kier alpha value is -1.20. The van der Waals surface area contributed by atoms with E-state index in [1.54, 1.807) is 0 Å². The Morgan fingerprint density at radius 3 is 2.54 bits per heavy atom. The Bertz CT molecular complexity index is 548. The third kappa shape index (κ3) is 5.40. The molecule has 5 heteroatoms. The van der Waals surface area contributed by atoms with Crippen molar-refractivity contribution >= 4 is 17.7 Å². The molecule has 1 aromatic carbocycles. The molecule has 0 amide bonds. The van der Waals surface area contributed by atoms with Crippen molar-refractivity contribution in [1.82, 2.24) is 15.5 Å². The van der Waals surface area contributed by atoms with Gasteiger partial charge < -0.3 is 10.6 Å². The summed E-state index contributed by atoms with van der Waals surface area (Å²) < 4.78 is 0. The molecule has 4 nitrogen and oxygen atoms in total. The van der Waals surface area contributed by atoms with Crippen molar-refractivity contribution in [2.75, 3.05) is 25.6 Å². The van der Waals surface area contributed by atoms with E-state index in [2.05, 4.69) is 57.1 Å². The molecular formula is C21H34N4S. The Morgan fingerprint density at radius 2 is 1.88 bits per heavy atom. The van der Waals surface area contributed by atoms with Crippen molar-refractivity contribution in [2.24, 2.45) is 4.99 Å². The molecule has 2 heterocycles. The summed E-state index contributed by atoms with van der Waals surface area (Å²) in [5, 5.41) is 7.18. The number of nitrogens with one attached hydrogen (secondary N) is 2. The molecule has 0 aliphatic carbocycles. The van der Waals surface area contributed by atoms with E-state index in [0.717, 1.165) is 19.0 Å².